The maximum atomic E-state index is 11.4. The van der Waals surface area contributed by atoms with Crippen LogP contribution in [-0.2, 0) is 16.1 Å². The second-order valence-electron chi connectivity index (χ2n) is 5.61. The third-order valence-electron chi connectivity index (χ3n) is 3.81. The van der Waals surface area contributed by atoms with Gasteiger partial charge in [-0.1, -0.05) is 18.7 Å². The van der Waals surface area contributed by atoms with E-state index in [1.807, 2.05) is 18.2 Å². The molecule has 0 unspecified atom stereocenters. The van der Waals surface area contributed by atoms with Crippen molar-refractivity contribution in [2.75, 3.05) is 36.5 Å². The van der Waals surface area contributed by atoms with Crippen molar-refractivity contribution in [1.82, 2.24) is 9.97 Å². The quantitative estimate of drug-likeness (QED) is 0.618. The lowest BCUT2D eigenvalue weighted by Gasteiger charge is -2.29. The predicted molar refractivity (Wildman–Crippen MR) is 99.7 cm³/mol. The summed E-state index contributed by atoms with van der Waals surface area (Å²) in [6.07, 6.45) is 2.89. The highest BCUT2D eigenvalue weighted by atomic mass is 35.5. The van der Waals surface area contributed by atoms with E-state index in [1.165, 1.54) is 6.08 Å². The molecule has 1 amide bonds. The molecule has 1 aliphatic rings. The molecule has 26 heavy (non-hydrogen) atoms. The lowest BCUT2D eigenvalue weighted by Crippen LogP contribution is -2.36. The van der Waals surface area contributed by atoms with E-state index in [0.29, 0.717) is 24.8 Å². The highest BCUT2D eigenvalue weighted by Crippen LogP contribution is 2.28. The molecule has 0 bridgehead atoms. The van der Waals surface area contributed by atoms with Gasteiger partial charge in [-0.05, 0) is 35.4 Å². The third-order valence-corrected chi connectivity index (χ3v) is 4.00. The van der Waals surface area contributed by atoms with Crippen molar-refractivity contribution in [1.29, 1.82) is 0 Å². The standard InChI is InChI=1S/C18H19ClN4O3/c1-2-16(24)21-14-5-3-4-13(10-14)12-26-17-15(11-20-18(19)22-17)23-6-8-25-9-7-23/h2-5,10-11H,1,6-9,12H2,(H,21,24). The van der Waals surface area contributed by atoms with E-state index >= 15 is 0 Å². The molecule has 1 aromatic heterocycles. The van der Waals surface area contributed by atoms with Crippen LogP contribution >= 0.6 is 11.6 Å². The van der Waals surface area contributed by atoms with Crippen molar-refractivity contribution >= 4 is 28.9 Å². The number of anilines is 2. The van der Waals surface area contributed by atoms with E-state index in [2.05, 4.69) is 26.8 Å². The second kappa shape index (κ2) is 8.64. The van der Waals surface area contributed by atoms with Crippen molar-refractivity contribution < 1.29 is 14.3 Å². The SMILES string of the molecule is C=CC(=O)Nc1cccc(COc2nc(Cl)ncc2N2CCOCC2)c1. The van der Waals surface area contributed by atoms with Crippen LogP contribution in [0.2, 0.25) is 5.28 Å². The van der Waals surface area contributed by atoms with Crippen LogP contribution in [-0.4, -0.2) is 42.2 Å². The number of ether oxygens (including phenoxy) is 2. The highest BCUT2D eigenvalue weighted by Gasteiger charge is 2.18. The monoisotopic (exact) mass is 374 g/mol. The highest BCUT2D eigenvalue weighted by molar-refractivity contribution is 6.28. The molecule has 1 aromatic carbocycles. The lowest BCUT2D eigenvalue weighted by atomic mass is 10.2. The number of nitrogens with one attached hydrogen (secondary N) is 1. The van der Waals surface area contributed by atoms with Crippen LogP contribution in [0.15, 0.2) is 43.1 Å². The minimum atomic E-state index is -0.264. The Morgan fingerprint density at radius 2 is 2.23 bits per heavy atom. The van der Waals surface area contributed by atoms with Crippen molar-refractivity contribution in [3.63, 3.8) is 0 Å². The summed E-state index contributed by atoms with van der Waals surface area (Å²) in [7, 11) is 0. The molecule has 2 heterocycles. The summed E-state index contributed by atoms with van der Waals surface area (Å²) in [6, 6.07) is 7.37. The van der Waals surface area contributed by atoms with Crippen LogP contribution < -0.4 is 15.0 Å². The number of halogens is 1. The summed E-state index contributed by atoms with van der Waals surface area (Å²) >= 11 is 5.93. The average molecular weight is 375 g/mol. The van der Waals surface area contributed by atoms with Gasteiger partial charge in [0, 0.05) is 18.8 Å². The Kier molecular flexibility index (Phi) is 6.04. The number of amides is 1. The van der Waals surface area contributed by atoms with E-state index in [0.717, 1.165) is 24.3 Å². The number of benzene rings is 1. The third kappa shape index (κ3) is 4.71. The van der Waals surface area contributed by atoms with Crippen LogP contribution in [0.3, 0.4) is 0 Å². The van der Waals surface area contributed by atoms with Gasteiger partial charge >= 0.3 is 0 Å². The Morgan fingerprint density at radius 1 is 1.42 bits per heavy atom. The fourth-order valence-corrected chi connectivity index (χ4v) is 2.68. The molecule has 7 nitrogen and oxygen atoms in total. The Hall–Kier alpha value is -2.64. The van der Waals surface area contributed by atoms with Gasteiger partial charge < -0.3 is 19.7 Å². The minimum absolute atomic E-state index is 0.129. The Bertz CT molecular complexity index is 794. The zero-order valence-electron chi connectivity index (χ0n) is 14.2. The Labute approximate surface area is 156 Å². The van der Waals surface area contributed by atoms with Crippen LogP contribution in [0.1, 0.15) is 5.56 Å². The van der Waals surface area contributed by atoms with Crippen molar-refractivity contribution in [2.24, 2.45) is 0 Å². The molecule has 0 saturated carbocycles. The van der Waals surface area contributed by atoms with Gasteiger partial charge in [-0.2, -0.15) is 4.98 Å². The summed E-state index contributed by atoms with van der Waals surface area (Å²) in [5, 5.41) is 2.85. The number of hydrogen-bond donors (Lipinski definition) is 1. The van der Waals surface area contributed by atoms with E-state index in [4.69, 9.17) is 21.1 Å². The van der Waals surface area contributed by atoms with Gasteiger partial charge in [0.2, 0.25) is 17.1 Å². The summed E-state index contributed by atoms with van der Waals surface area (Å²) in [4.78, 5) is 21.8. The fraction of sp³-hybridized carbons (Fsp3) is 0.278. The number of morpholine rings is 1. The molecule has 1 fully saturated rings. The van der Waals surface area contributed by atoms with E-state index in [1.54, 1.807) is 12.3 Å². The van der Waals surface area contributed by atoms with Crippen LogP contribution in [0.5, 0.6) is 5.88 Å². The first-order valence-electron chi connectivity index (χ1n) is 8.16. The Balaban J connectivity index is 1.73. The van der Waals surface area contributed by atoms with Crippen LogP contribution in [0.25, 0.3) is 0 Å². The van der Waals surface area contributed by atoms with Gasteiger partial charge in [0.05, 0.1) is 19.4 Å². The van der Waals surface area contributed by atoms with Gasteiger partial charge in [0.25, 0.3) is 0 Å². The number of hydrogen-bond acceptors (Lipinski definition) is 6. The maximum absolute atomic E-state index is 11.4. The minimum Gasteiger partial charge on any atom is -0.471 e. The number of rotatable bonds is 6. The van der Waals surface area contributed by atoms with Crippen molar-refractivity contribution in [3.05, 3.63) is 54.0 Å². The summed E-state index contributed by atoms with van der Waals surface area (Å²) in [6.45, 7) is 6.49. The lowest BCUT2D eigenvalue weighted by molar-refractivity contribution is -0.111. The second-order valence-corrected chi connectivity index (χ2v) is 5.95. The normalized spacial score (nSPS) is 14.0. The van der Waals surface area contributed by atoms with Crippen LogP contribution in [0, 0.1) is 0 Å². The summed E-state index contributed by atoms with van der Waals surface area (Å²) < 4.78 is 11.3. The van der Waals surface area contributed by atoms with Gasteiger partial charge in [-0.25, -0.2) is 4.98 Å². The smallest absolute Gasteiger partial charge is 0.247 e. The molecule has 0 radical (unpaired) electrons. The Morgan fingerprint density at radius 3 is 3.00 bits per heavy atom. The summed E-state index contributed by atoms with van der Waals surface area (Å²) in [5.74, 6) is 0.160. The molecule has 0 aliphatic carbocycles. The summed E-state index contributed by atoms with van der Waals surface area (Å²) in [5.41, 5.74) is 2.34. The molecule has 1 aliphatic heterocycles. The maximum Gasteiger partial charge on any atom is 0.247 e. The number of aromatic nitrogens is 2. The van der Waals surface area contributed by atoms with Crippen molar-refractivity contribution in [2.45, 2.75) is 6.61 Å². The first-order chi connectivity index (χ1) is 12.7. The molecule has 8 heteroatoms. The predicted octanol–water partition coefficient (Wildman–Crippen LogP) is 2.67. The van der Waals surface area contributed by atoms with Gasteiger partial charge in [0.15, 0.2) is 0 Å². The molecule has 0 spiro atoms. The first-order valence-corrected chi connectivity index (χ1v) is 8.54. The zero-order valence-corrected chi connectivity index (χ0v) is 14.9. The number of nitrogens with zero attached hydrogens (tertiary/aromatic N) is 3. The largest absolute Gasteiger partial charge is 0.471 e. The molecule has 1 saturated heterocycles. The molecule has 1 N–H and O–H groups in total. The van der Waals surface area contributed by atoms with Gasteiger partial charge in [-0.15, -0.1) is 0 Å². The number of carbonyl (C=O) groups is 1. The molecule has 2 aromatic rings. The van der Waals surface area contributed by atoms with E-state index in [9.17, 15) is 4.79 Å². The van der Waals surface area contributed by atoms with Gasteiger partial charge in [0.1, 0.15) is 12.3 Å². The van der Waals surface area contributed by atoms with E-state index < -0.39 is 0 Å². The molecular weight excluding hydrogens is 356 g/mol. The van der Waals surface area contributed by atoms with Crippen LogP contribution in [0.4, 0.5) is 11.4 Å². The number of carbonyl (C=O) groups excluding carboxylic acids is 1. The topological polar surface area (TPSA) is 76.6 Å². The first kappa shape index (κ1) is 18.2. The zero-order chi connectivity index (χ0) is 18.4. The van der Waals surface area contributed by atoms with Gasteiger partial charge in [-0.3, -0.25) is 4.79 Å². The van der Waals surface area contributed by atoms with Crippen molar-refractivity contribution in [3.8, 4) is 5.88 Å². The molecular formula is C18H19ClN4O3. The molecule has 0 atom stereocenters. The van der Waals surface area contributed by atoms with E-state index in [-0.39, 0.29) is 17.8 Å². The fourth-order valence-electron chi connectivity index (χ4n) is 2.55. The molecule has 136 valence electrons. The average Bonchev–Trinajstić information content (AvgIpc) is 2.67. The molecule has 3 rings (SSSR count).